The number of nitrogens with one attached hydrogen (secondary N) is 1. The molecule has 0 saturated carbocycles. The van der Waals surface area contributed by atoms with Crippen LogP contribution in [0.4, 0.5) is 5.82 Å². The number of benzene rings is 1. The summed E-state index contributed by atoms with van der Waals surface area (Å²) in [6.07, 6.45) is 0. The second-order valence-corrected chi connectivity index (χ2v) is 5.53. The van der Waals surface area contributed by atoms with Gasteiger partial charge in [-0.15, -0.1) is 0 Å². The van der Waals surface area contributed by atoms with Gasteiger partial charge in [0, 0.05) is 12.6 Å². The molecule has 2 aromatic heterocycles. The summed E-state index contributed by atoms with van der Waals surface area (Å²) in [6.45, 7) is 2.37. The maximum atomic E-state index is 9.50. The van der Waals surface area contributed by atoms with Crippen LogP contribution in [0.3, 0.4) is 0 Å². The first-order valence-corrected chi connectivity index (χ1v) is 7.71. The molecule has 6 nitrogen and oxygen atoms in total. The fourth-order valence-corrected chi connectivity index (χ4v) is 2.50. The van der Waals surface area contributed by atoms with Crippen molar-refractivity contribution in [3.63, 3.8) is 0 Å². The number of fused-ring (bicyclic) bond motifs is 1. The van der Waals surface area contributed by atoms with Crippen molar-refractivity contribution in [1.29, 1.82) is 5.26 Å². The summed E-state index contributed by atoms with van der Waals surface area (Å²) in [5.74, 6) is 0.592. The van der Waals surface area contributed by atoms with Crippen LogP contribution in [-0.2, 0) is 11.3 Å². The fraction of sp³-hybridized carbons (Fsp3) is 0.176. The molecular weight excluding hydrogens is 322 g/mol. The van der Waals surface area contributed by atoms with Gasteiger partial charge in [0.1, 0.15) is 23.1 Å². The normalized spacial score (nSPS) is 10.4. The zero-order valence-corrected chi connectivity index (χ0v) is 14.1. The Balaban J connectivity index is 2.07. The number of rotatable bonds is 4. The van der Waals surface area contributed by atoms with E-state index in [4.69, 9.17) is 17.0 Å². The van der Waals surface area contributed by atoms with Gasteiger partial charge in [-0.05, 0) is 24.7 Å². The SMILES string of the molecule is COC(=S)c1cc2nc(C)c(C#N)c(NCc3ccccc3)n2n1. The van der Waals surface area contributed by atoms with Crippen LogP contribution in [0.2, 0.25) is 0 Å². The Morgan fingerprint density at radius 2 is 2.12 bits per heavy atom. The van der Waals surface area contributed by atoms with Crippen molar-refractivity contribution in [3.05, 3.63) is 58.9 Å². The molecule has 0 bridgehead atoms. The molecule has 120 valence electrons. The molecule has 0 aliphatic carbocycles. The molecule has 2 heterocycles. The lowest BCUT2D eigenvalue weighted by atomic mass is 10.2. The molecule has 0 aliphatic heterocycles. The monoisotopic (exact) mass is 337 g/mol. The minimum Gasteiger partial charge on any atom is -0.485 e. The van der Waals surface area contributed by atoms with E-state index in [9.17, 15) is 5.26 Å². The summed E-state index contributed by atoms with van der Waals surface area (Å²) in [5, 5.41) is 17.5. The van der Waals surface area contributed by atoms with Crippen molar-refractivity contribution >= 4 is 28.7 Å². The van der Waals surface area contributed by atoms with Crippen molar-refractivity contribution in [2.75, 3.05) is 12.4 Å². The number of nitrogens with zero attached hydrogens (tertiary/aromatic N) is 4. The van der Waals surface area contributed by atoms with Crippen molar-refractivity contribution in [1.82, 2.24) is 14.6 Å². The number of hydrogen-bond donors (Lipinski definition) is 1. The largest absolute Gasteiger partial charge is 0.485 e. The number of methoxy groups -OCH3 is 1. The van der Waals surface area contributed by atoms with Crippen LogP contribution in [-0.4, -0.2) is 26.8 Å². The molecule has 0 radical (unpaired) electrons. The number of ether oxygens (including phenoxy) is 1. The average Bonchev–Trinajstić information content (AvgIpc) is 3.03. The number of anilines is 1. The number of thiocarbonyl (C=S) groups is 1. The molecule has 1 N–H and O–H groups in total. The Bertz CT molecular complexity index is 943. The van der Waals surface area contributed by atoms with E-state index < -0.39 is 0 Å². The first kappa shape index (κ1) is 15.9. The van der Waals surface area contributed by atoms with E-state index in [1.807, 2.05) is 30.3 Å². The van der Waals surface area contributed by atoms with Crippen LogP contribution in [0.1, 0.15) is 22.5 Å². The standard InChI is InChI=1S/C17H15N5OS/c1-11-13(9-18)16(19-10-12-6-4-3-5-7-12)22-15(20-11)8-14(21-22)17(24)23-2/h3-8,19H,10H2,1-2H3. The Morgan fingerprint density at radius 3 is 2.79 bits per heavy atom. The minimum atomic E-state index is 0.283. The van der Waals surface area contributed by atoms with Gasteiger partial charge in [0.15, 0.2) is 5.65 Å². The Kier molecular flexibility index (Phi) is 4.40. The predicted octanol–water partition coefficient (Wildman–Crippen LogP) is 2.84. The van der Waals surface area contributed by atoms with Crippen LogP contribution in [0.25, 0.3) is 5.65 Å². The molecular formula is C17H15N5OS. The van der Waals surface area contributed by atoms with Crippen LogP contribution in [0.15, 0.2) is 36.4 Å². The van der Waals surface area contributed by atoms with E-state index in [-0.39, 0.29) is 5.05 Å². The Labute approximate surface area is 144 Å². The van der Waals surface area contributed by atoms with Crippen LogP contribution in [0, 0.1) is 18.3 Å². The summed E-state index contributed by atoms with van der Waals surface area (Å²) in [6, 6.07) is 13.9. The first-order chi connectivity index (χ1) is 11.6. The number of aryl methyl sites for hydroxylation is 1. The Hall–Kier alpha value is -2.98. The van der Waals surface area contributed by atoms with E-state index in [1.165, 1.54) is 7.11 Å². The first-order valence-electron chi connectivity index (χ1n) is 7.30. The minimum absolute atomic E-state index is 0.283. The summed E-state index contributed by atoms with van der Waals surface area (Å²) in [5.41, 5.74) is 3.31. The van der Waals surface area contributed by atoms with E-state index in [0.29, 0.717) is 35.0 Å². The average molecular weight is 337 g/mol. The highest BCUT2D eigenvalue weighted by molar-refractivity contribution is 7.80. The zero-order chi connectivity index (χ0) is 17.1. The lowest BCUT2D eigenvalue weighted by Gasteiger charge is -2.11. The highest BCUT2D eigenvalue weighted by Crippen LogP contribution is 2.21. The number of aromatic nitrogens is 3. The molecule has 3 rings (SSSR count). The van der Waals surface area contributed by atoms with Gasteiger partial charge < -0.3 is 10.1 Å². The zero-order valence-electron chi connectivity index (χ0n) is 13.3. The van der Waals surface area contributed by atoms with Gasteiger partial charge in [0.25, 0.3) is 0 Å². The molecule has 0 amide bonds. The second kappa shape index (κ2) is 6.64. The third kappa shape index (κ3) is 2.92. The molecule has 0 unspecified atom stereocenters. The van der Waals surface area contributed by atoms with Crippen molar-refractivity contribution in [3.8, 4) is 6.07 Å². The Morgan fingerprint density at radius 1 is 1.38 bits per heavy atom. The lowest BCUT2D eigenvalue weighted by Crippen LogP contribution is -2.10. The molecule has 24 heavy (non-hydrogen) atoms. The fourth-order valence-electron chi connectivity index (χ4n) is 2.40. The van der Waals surface area contributed by atoms with E-state index in [0.717, 1.165) is 5.56 Å². The predicted molar refractivity (Wildman–Crippen MR) is 94.9 cm³/mol. The number of nitriles is 1. The summed E-state index contributed by atoms with van der Waals surface area (Å²) in [4.78, 5) is 4.42. The van der Waals surface area contributed by atoms with Crippen molar-refractivity contribution in [2.45, 2.75) is 13.5 Å². The lowest BCUT2D eigenvalue weighted by molar-refractivity contribution is 0.414. The summed E-state index contributed by atoms with van der Waals surface area (Å²) >= 11 is 5.13. The highest BCUT2D eigenvalue weighted by Gasteiger charge is 2.16. The van der Waals surface area contributed by atoms with E-state index in [1.54, 1.807) is 17.5 Å². The smallest absolute Gasteiger partial charge is 0.211 e. The van der Waals surface area contributed by atoms with Crippen LogP contribution < -0.4 is 5.32 Å². The topological polar surface area (TPSA) is 75.2 Å². The molecule has 0 fully saturated rings. The molecule has 0 saturated heterocycles. The molecule has 7 heteroatoms. The van der Waals surface area contributed by atoms with Gasteiger partial charge in [0.2, 0.25) is 5.05 Å². The van der Waals surface area contributed by atoms with Gasteiger partial charge in [-0.3, -0.25) is 0 Å². The third-order valence-corrected chi connectivity index (χ3v) is 3.97. The van der Waals surface area contributed by atoms with Crippen LogP contribution in [0.5, 0.6) is 0 Å². The summed E-state index contributed by atoms with van der Waals surface area (Å²) in [7, 11) is 1.50. The quantitative estimate of drug-likeness (QED) is 0.738. The molecule has 1 aromatic carbocycles. The highest BCUT2D eigenvalue weighted by atomic mass is 32.1. The summed E-state index contributed by atoms with van der Waals surface area (Å²) < 4.78 is 6.66. The maximum Gasteiger partial charge on any atom is 0.211 e. The van der Waals surface area contributed by atoms with Gasteiger partial charge in [-0.1, -0.05) is 30.3 Å². The molecule has 3 aromatic rings. The number of hydrogen-bond acceptors (Lipinski definition) is 6. The van der Waals surface area contributed by atoms with Crippen molar-refractivity contribution < 1.29 is 4.74 Å². The molecule has 0 spiro atoms. The molecule has 0 aliphatic rings. The third-order valence-electron chi connectivity index (χ3n) is 3.59. The molecule has 0 atom stereocenters. The van der Waals surface area contributed by atoms with Crippen molar-refractivity contribution in [2.24, 2.45) is 0 Å². The van der Waals surface area contributed by atoms with Gasteiger partial charge in [0.05, 0.1) is 12.8 Å². The van der Waals surface area contributed by atoms with Gasteiger partial charge in [-0.2, -0.15) is 14.9 Å². The van der Waals surface area contributed by atoms with E-state index >= 15 is 0 Å². The van der Waals surface area contributed by atoms with Gasteiger partial charge >= 0.3 is 0 Å². The van der Waals surface area contributed by atoms with E-state index in [2.05, 4.69) is 21.5 Å². The van der Waals surface area contributed by atoms with Crippen LogP contribution >= 0.6 is 12.2 Å². The second-order valence-electron chi connectivity index (χ2n) is 5.16. The van der Waals surface area contributed by atoms with Gasteiger partial charge in [-0.25, -0.2) is 4.98 Å². The maximum absolute atomic E-state index is 9.50.